The van der Waals surface area contributed by atoms with Crippen LogP contribution in [-0.2, 0) is 4.79 Å². The van der Waals surface area contributed by atoms with Crippen LogP contribution in [0.15, 0.2) is 0 Å². The Hall–Kier alpha value is -0.610. The molecule has 3 atom stereocenters. The summed E-state index contributed by atoms with van der Waals surface area (Å²) in [5, 5.41) is 13.4. The summed E-state index contributed by atoms with van der Waals surface area (Å²) in [5.74, 6) is 1.08. The Labute approximate surface area is 121 Å². The summed E-state index contributed by atoms with van der Waals surface area (Å²) in [7, 11) is 0. The minimum absolute atomic E-state index is 0.341. The van der Waals surface area contributed by atoms with Crippen LogP contribution in [0.1, 0.15) is 46.0 Å². The van der Waals surface area contributed by atoms with Crippen LogP contribution in [0.3, 0.4) is 0 Å². The van der Waals surface area contributed by atoms with Crippen molar-refractivity contribution in [3.63, 3.8) is 0 Å². The van der Waals surface area contributed by atoms with Gasteiger partial charge in [-0.2, -0.15) is 0 Å². The van der Waals surface area contributed by atoms with Crippen molar-refractivity contribution in [3.05, 3.63) is 0 Å². The molecule has 0 aromatic carbocycles. The molecule has 1 aliphatic heterocycles. The third-order valence-corrected chi connectivity index (χ3v) is 5.11. The number of nitrogens with one attached hydrogen (secondary N) is 1. The number of hydrogen-bond acceptors (Lipinski definition) is 3. The molecule has 3 unspecified atom stereocenters. The Morgan fingerprint density at radius 3 is 2.25 bits per heavy atom. The maximum Gasteiger partial charge on any atom is 0.325 e. The Balaban J connectivity index is 1.73. The standard InChI is InChI=1S/C16H28N2O2/c1-11-7-12(2)9-18(8-11)10-16(15(19)20,13-3-4-13)17-14-5-6-14/h11-14,17H,3-10H2,1-2H3,(H,19,20). The van der Waals surface area contributed by atoms with Gasteiger partial charge in [-0.1, -0.05) is 13.8 Å². The number of aliphatic carboxylic acids is 1. The molecule has 3 fully saturated rings. The van der Waals surface area contributed by atoms with Crippen molar-refractivity contribution in [1.29, 1.82) is 0 Å². The second-order valence-electron chi connectivity index (χ2n) is 7.61. The van der Waals surface area contributed by atoms with Crippen molar-refractivity contribution in [2.24, 2.45) is 17.8 Å². The Bertz CT molecular complexity index is 369. The van der Waals surface area contributed by atoms with Crippen molar-refractivity contribution >= 4 is 5.97 Å². The molecule has 4 nitrogen and oxygen atoms in total. The highest BCUT2D eigenvalue weighted by Gasteiger charge is 2.54. The van der Waals surface area contributed by atoms with Crippen LogP contribution >= 0.6 is 0 Å². The predicted molar refractivity (Wildman–Crippen MR) is 78.6 cm³/mol. The maximum absolute atomic E-state index is 12.0. The second-order valence-corrected chi connectivity index (χ2v) is 7.61. The van der Waals surface area contributed by atoms with E-state index in [0.717, 1.165) is 38.8 Å². The lowest BCUT2D eigenvalue weighted by Crippen LogP contribution is -2.62. The van der Waals surface area contributed by atoms with Crippen LogP contribution in [0.25, 0.3) is 0 Å². The zero-order valence-corrected chi connectivity index (χ0v) is 12.8. The minimum Gasteiger partial charge on any atom is -0.480 e. The number of carboxylic acid groups (broad SMARTS) is 1. The third-order valence-electron chi connectivity index (χ3n) is 5.11. The summed E-state index contributed by atoms with van der Waals surface area (Å²) in [6.45, 7) is 7.38. The van der Waals surface area contributed by atoms with Crippen LogP contribution in [0.2, 0.25) is 0 Å². The smallest absolute Gasteiger partial charge is 0.325 e. The fraction of sp³-hybridized carbons (Fsp3) is 0.938. The van der Waals surface area contributed by atoms with Gasteiger partial charge in [0, 0.05) is 25.7 Å². The number of nitrogens with zero attached hydrogens (tertiary/aromatic N) is 1. The van der Waals surface area contributed by atoms with E-state index in [1.807, 2.05) is 0 Å². The summed E-state index contributed by atoms with van der Waals surface area (Å²) < 4.78 is 0. The van der Waals surface area contributed by atoms with Crippen molar-refractivity contribution < 1.29 is 9.90 Å². The number of piperidine rings is 1. The molecule has 2 aliphatic carbocycles. The van der Waals surface area contributed by atoms with E-state index in [-0.39, 0.29) is 0 Å². The molecule has 0 spiro atoms. The lowest BCUT2D eigenvalue weighted by Gasteiger charge is -2.41. The number of likely N-dealkylation sites (tertiary alicyclic amines) is 1. The molecule has 1 heterocycles. The zero-order valence-electron chi connectivity index (χ0n) is 12.8. The van der Waals surface area contributed by atoms with Gasteiger partial charge >= 0.3 is 5.97 Å². The van der Waals surface area contributed by atoms with E-state index < -0.39 is 11.5 Å². The van der Waals surface area contributed by atoms with Crippen LogP contribution in [0.5, 0.6) is 0 Å². The summed E-state index contributed by atoms with van der Waals surface area (Å²) in [6.07, 6.45) is 5.72. The van der Waals surface area contributed by atoms with Crippen molar-refractivity contribution in [3.8, 4) is 0 Å². The third kappa shape index (κ3) is 3.01. The monoisotopic (exact) mass is 280 g/mol. The predicted octanol–water partition coefficient (Wildman–Crippen LogP) is 1.95. The van der Waals surface area contributed by atoms with Gasteiger partial charge in [-0.3, -0.25) is 10.1 Å². The van der Waals surface area contributed by atoms with Gasteiger partial charge < -0.3 is 10.0 Å². The topological polar surface area (TPSA) is 52.6 Å². The molecule has 20 heavy (non-hydrogen) atoms. The first-order valence-electron chi connectivity index (χ1n) is 8.23. The normalized spacial score (nSPS) is 34.7. The molecule has 2 saturated carbocycles. The van der Waals surface area contributed by atoms with Crippen LogP contribution in [0, 0.1) is 17.8 Å². The lowest BCUT2D eigenvalue weighted by molar-refractivity contribution is -0.147. The fourth-order valence-corrected chi connectivity index (χ4v) is 4.04. The molecule has 3 rings (SSSR count). The quantitative estimate of drug-likeness (QED) is 0.781. The van der Waals surface area contributed by atoms with Gasteiger partial charge in [0.15, 0.2) is 0 Å². The number of hydrogen-bond donors (Lipinski definition) is 2. The highest BCUT2D eigenvalue weighted by atomic mass is 16.4. The Morgan fingerprint density at radius 1 is 1.20 bits per heavy atom. The van der Waals surface area contributed by atoms with E-state index >= 15 is 0 Å². The second kappa shape index (κ2) is 5.30. The van der Waals surface area contributed by atoms with Crippen molar-refractivity contribution in [1.82, 2.24) is 10.2 Å². The molecular weight excluding hydrogens is 252 g/mol. The van der Waals surface area contributed by atoms with E-state index in [1.165, 1.54) is 6.42 Å². The van der Waals surface area contributed by atoms with Crippen molar-refractivity contribution in [2.45, 2.75) is 57.5 Å². The SMILES string of the molecule is CC1CC(C)CN(CC(NC2CC2)(C(=O)O)C2CC2)C1. The molecule has 0 radical (unpaired) electrons. The molecule has 2 N–H and O–H groups in total. The Morgan fingerprint density at radius 2 is 1.80 bits per heavy atom. The first kappa shape index (κ1) is 14.3. The highest BCUT2D eigenvalue weighted by Crippen LogP contribution is 2.42. The highest BCUT2D eigenvalue weighted by molar-refractivity contribution is 5.80. The molecule has 4 heteroatoms. The average Bonchev–Trinajstić information content (AvgIpc) is 3.21. The van der Waals surface area contributed by atoms with Crippen LogP contribution < -0.4 is 5.32 Å². The van der Waals surface area contributed by atoms with E-state index in [9.17, 15) is 9.90 Å². The van der Waals surface area contributed by atoms with E-state index in [2.05, 4.69) is 24.1 Å². The molecule has 0 bridgehead atoms. The van der Waals surface area contributed by atoms with Gasteiger partial charge in [0.05, 0.1) is 0 Å². The molecule has 1 saturated heterocycles. The molecule has 0 aromatic rings. The number of carbonyl (C=O) groups is 1. The maximum atomic E-state index is 12.0. The van der Waals surface area contributed by atoms with Crippen LogP contribution in [-0.4, -0.2) is 47.2 Å². The lowest BCUT2D eigenvalue weighted by atomic mass is 9.87. The first-order valence-corrected chi connectivity index (χ1v) is 8.23. The van der Waals surface area contributed by atoms with Gasteiger partial charge in [0.25, 0.3) is 0 Å². The fourth-order valence-electron chi connectivity index (χ4n) is 4.04. The summed E-state index contributed by atoms with van der Waals surface area (Å²) in [5.41, 5.74) is -0.683. The van der Waals surface area contributed by atoms with Crippen LogP contribution in [0.4, 0.5) is 0 Å². The van der Waals surface area contributed by atoms with E-state index in [4.69, 9.17) is 0 Å². The summed E-state index contributed by atoms with van der Waals surface area (Å²) in [6, 6.07) is 0.450. The van der Waals surface area contributed by atoms with Gasteiger partial charge in [0.2, 0.25) is 0 Å². The molecule has 0 amide bonds. The Kier molecular flexibility index (Phi) is 3.80. The van der Waals surface area contributed by atoms with E-state index in [0.29, 0.717) is 30.3 Å². The summed E-state index contributed by atoms with van der Waals surface area (Å²) >= 11 is 0. The van der Waals surface area contributed by atoms with Crippen molar-refractivity contribution in [2.75, 3.05) is 19.6 Å². The minimum atomic E-state index is -0.683. The number of rotatable bonds is 6. The molecule has 3 aliphatic rings. The first-order chi connectivity index (χ1) is 9.49. The average molecular weight is 280 g/mol. The largest absolute Gasteiger partial charge is 0.480 e. The molecular formula is C16H28N2O2. The van der Waals surface area contributed by atoms with Gasteiger partial charge in [-0.25, -0.2) is 0 Å². The molecule has 0 aromatic heterocycles. The van der Waals surface area contributed by atoms with Gasteiger partial charge in [0.1, 0.15) is 5.54 Å². The zero-order chi connectivity index (χ0) is 14.3. The van der Waals surface area contributed by atoms with E-state index in [1.54, 1.807) is 0 Å². The molecule has 114 valence electrons. The summed E-state index contributed by atoms with van der Waals surface area (Å²) in [4.78, 5) is 14.4. The van der Waals surface area contributed by atoms with Gasteiger partial charge in [-0.15, -0.1) is 0 Å². The van der Waals surface area contributed by atoms with Gasteiger partial charge in [-0.05, 0) is 49.9 Å². The number of carboxylic acids is 1.